The summed E-state index contributed by atoms with van der Waals surface area (Å²) >= 11 is 0. The molecule has 70 valence electrons. The van der Waals surface area contributed by atoms with Crippen LogP contribution in [0.15, 0.2) is 9.98 Å². The third-order valence-corrected chi connectivity index (χ3v) is 1.14. The van der Waals surface area contributed by atoms with Crippen molar-refractivity contribution >= 4 is 11.9 Å². The van der Waals surface area contributed by atoms with Crippen LogP contribution in [0.4, 0.5) is 0 Å². The van der Waals surface area contributed by atoms with E-state index in [1.54, 1.807) is 0 Å². The molecule has 0 heterocycles. The van der Waals surface area contributed by atoms with Crippen molar-refractivity contribution < 1.29 is 5.11 Å². The smallest absolute Gasteiger partial charge is 0.218 e. The Morgan fingerprint density at radius 3 is 2.42 bits per heavy atom. The predicted octanol–water partition coefficient (Wildman–Crippen LogP) is -1.65. The molecular formula is C6H15N5O. The number of hydrogen-bond acceptors (Lipinski definition) is 2. The van der Waals surface area contributed by atoms with E-state index in [2.05, 4.69) is 9.98 Å². The van der Waals surface area contributed by atoms with E-state index in [1.807, 2.05) is 6.92 Å². The first-order valence-electron chi connectivity index (χ1n) is 3.60. The molecule has 1 unspecified atom stereocenters. The summed E-state index contributed by atoms with van der Waals surface area (Å²) in [4.78, 5) is 7.41. The highest BCUT2D eigenvalue weighted by Gasteiger charge is 1.98. The van der Waals surface area contributed by atoms with Crippen LogP contribution in [0.2, 0.25) is 0 Å². The lowest BCUT2D eigenvalue weighted by molar-refractivity contribution is 0.279. The lowest BCUT2D eigenvalue weighted by atomic mass is 10.3. The number of guanidine groups is 2. The molecule has 6 heteroatoms. The second kappa shape index (κ2) is 5.36. The lowest BCUT2D eigenvalue weighted by Crippen LogP contribution is -2.27. The first kappa shape index (κ1) is 10.7. The zero-order valence-corrected chi connectivity index (χ0v) is 7.07. The van der Waals surface area contributed by atoms with Crippen molar-refractivity contribution in [2.75, 3.05) is 6.61 Å². The quantitative estimate of drug-likeness (QED) is 0.301. The second-order valence-electron chi connectivity index (χ2n) is 2.39. The number of rotatable bonds is 3. The Bertz CT molecular complexity index is 184. The van der Waals surface area contributed by atoms with Crippen LogP contribution in [0.25, 0.3) is 0 Å². The largest absolute Gasteiger partial charge is 0.396 e. The molecule has 0 rings (SSSR count). The SMILES string of the molecule is CC(CCO)N=C(N)N=C(N)N. The minimum absolute atomic E-state index is 0.0379. The molecule has 0 aliphatic rings. The minimum Gasteiger partial charge on any atom is -0.396 e. The van der Waals surface area contributed by atoms with Gasteiger partial charge in [-0.3, -0.25) is 0 Å². The van der Waals surface area contributed by atoms with Crippen molar-refractivity contribution in [1.29, 1.82) is 0 Å². The lowest BCUT2D eigenvalue weighted by Gasteiger charge is -2.02. The zero-order valence-electron chi connectivity index (χ0n) is 7.07. The number of nitrogens with two attached hydrogens (primary N) is 3. The fraction of sp³-hybridized carbons (Fsp3) is 0.667. The molecule has 0 aliphatic carbocycles. The molecule has 0 aromatic carbocycles. The molecular weight excluding hydrogens is 158 g/mol. The number of aliphatic imine (C=N–C) groups is 2. The van der Waals surface area contributed by atoms with E-state index in [9.17, 15) is 0 Å². The summed E-state index contributed by atoms with van der Waals surface area (Å²) < 4.78 is 0. The molecule has 0 saturated carbocycles. The van der Waals surface area contributed by atoms with Gasteiger partial charge in [0, 0.05) is 6.61 Å². The zero-order chi connectivity index (χ0) is 9.56. The second-order valence-corrected chi connectivity index (χ2v) is 2.39. The fourth-order valence-corrected chi connectivity index (χ4v) is 0.638. The minimum atomic E-state index is -0.118. The van der Waals surface area contributed by atoms with Crippen LogP contribution in [-0.4, -0.2) is 29.7 Å². The molecule has 0 spiro atoms. The summed E-state index contributed by atoms with van der Waals surface area (Å²) in [6.07, 6.45) is 0.542. The van der Waals surface area contributed by atoms with Crippen LogP contribution in [0, 0.1) is 0 Å². The summed E-state index contributed by atoms with van der Waals surface area (Å²) in [6.45, 7) is 1.88. The van der Waals surface area contributed by atoms with Gasteiger partial charge in [0.15, 0.2) is 5.96 Å². The van der Waals surface area contributed by atoms with Crippen LogP contribution >= 0.6 is 0 Å². The maximum Gasteiger partial charge on any atom is 0.218 e. The standard InChI is InChI=1S/C6H15N5O/c1-4(2-3-12)10-6(9)11-5(7)8/h4,12H,2-3H2,1H3,(H6,7,8,9,10,11). The predicted molar refractivity (Wildman–Crippen MR) is 48.6 cm³/mol. The molecule has 0 aromatic heterocycles. The Balaban J connectivity index is 4.06. The van der Waals surface area contributed by atoms with Crippen molar-refractivity contribution in [2.45, 2.75) is 19.4 Å². The van der Waals surface area contributed by atoms with Gasteiger partial charge in [-0.15, -0.1) is 0 Å². The van der Waals surface area contributed by atoms with Crippen molar-refractivity contribution in [3.05, 3.63) is 0 Å². The molecule has 0 saturated heterocycles. The normalized spacial score (nSPS) is 14.0. The average molecular weight is 173 g/mol. The van der Waals surface area contributed by atoms with Gasteiger partial charge < -0.3 is 22.3 Å². The van der Waals surface area contributed by atoms with Crippen LogP contribution < -0.4 is 17.2 Å². The van der Waals surface area contributed by atoms with Gasteiger partial charge in [0.05, 0.1) is 6.04 Å². The monoisotopic (exact) mass is 173 g/mol. The van der Waals surface area contributed by atoms with Crippen molar-refractivity contribution in [1.82, 2.24) is 0 Å². The third-order valence-electron chi connectivity index (χ3n) is 1.14. The van der Waals surface area contributed by atoms with Gasteiger partial charge in [0.25, 0.3) is 0 Å². The molecule has 0 amide bonds. The Labute approximate surface area is 71.2 Å². The summed E-state index contributed by atoms with van der Waals surface area (Å²) in [7, 11) is 0. The molecule has 7 N–H and O–H groups in total. The number of hydrogen-bond donors (Lipinski definition) is 4. The average Bonchev–Trinajstić information content (AvgIpc) is 1.84. The van der Waals surface area contributed by atoms with Crippen LogP contribution in [0.5, 0.6) is 0 Å². The van der Waals surface area contributed by atoms with E-state index in [-0.39, 0.29) is 24.6 Å². The molecule has 1 atom stereocenters. The van der Waals surface area contributed by atoms with Crippen molar-refractivity contribution in [3.63, 3.8) is 0 Å². The van der Waals surface area contributed by atoms with Crippen LogP contribution in [0.1, 0.15) is 13.3 Å². The molecule has 0 aromatic rings. The number of nitrogens with zero attached hydrogens (tertiary/aromatic N) is 2. The molecule has 12 heavy (non-hydrogen) atoms. The molecule has 0 aliphatic heterocycles. The molecule has 0 radical (unpaired) electrons. The molecule has 6 nitrogen and oxygen atoms in total. The molecule has 0 fully saturated rings. The van der Waals surface area contributed by atoms with Crippen molar-refractivity contribution in [3.8, 4) is 0 Å². The highest BCUT2D eigenvalue weighted by molar-refractivity contribution is 5.92. The van der Waals surface area contributed by atoms with E-state index < -0.39 is 0 Å². The van der Waals surface area contributed by atoms with E-state index in [1.165, 1.54) is 0 Å². The topological polar surface area (TPSA) is 123 Å². The molecule has 0 bridgehead atoms. The summed E-state index contributed by atoms with van der Waals surface area (Å²) in [6, 6.07) is -0.0712. The van der Waals surface area contributed by atoms with Crippen LogP contribution in [-0.2, 0) is 0 Å². The van der Waals surface area contributed by atoms with E-state index >= 15 is 0 Å². The Hall–Kier alpha value is -1.30. The third kappa shape index (κ3) is 5.48. The van der Waals surface area contributed by atoms with Gasteiger partial charge in [-0.25, -0.2) is 4.99 Å². The number of aliphatic hydroxyl groups is 1. The highest BCUT2D eigenvalue weighted by Crippen LogP contribution is 1.94. The van der Waals surface area contributed by atoms with Crippen molar-refractivity contribution in [2.24, 2.45) is 27.2 Å². The Kier molecular flexibility index (Phi) is 4.78. The first-order chi connectivity index (χ1) is 5.56. The Morgan fingerprint density at radius 2 is 2.00 bits per heavy atom. The van der Waals surface area contributed by atoms with Gasteiger partial charge in [0.1, 0.15) is 0 Å². The first-order valence-corrected chi connectivity index (χ1v) is 3.60. The summed E-state index contributed by atoms with van der Waals surface area (Å²) in [5.74, 6) is -0.0802. The Morgan fingerprint density at radius 1 is 1.42 bits per heavy atom. The van der Waals surface area contributed by atoms with E-state index in [4.69, 9.17) is 22.3 Å². The van der Waals surface area contributed by atoms with E-state index in [0.717, 1.165) is 0 Å². The highest BCUT2D eigenvalue weighted by atomic mass is 16.3. The van der Waals surface area contributed by atoms with Gasteiger partial charge >= 0.3 is 0 Å². The maximum absolute atomic E-state index is 8.54. The van der Waals surface area contributed by atoms with Crippen LogP contribution in [0.3, 0.4) is 0 Å². The summed E-state index contributed by atoms with van der Waals surface area (Å²) in [5.41, 5.74) is 15.4. The van der Waals surface area contributed by atoms with Gasteiger partial charge in [-0.2, -0.15) is 4.99 Å². The van der Waals surface area contributed by atoms with Gasteiger partial charge in [0.2, 0.25) is 5.96 Å². The fourth-order valence-electron chi connectivity index (χ4n) is 0.638. The summed E-state index contributed by atoms with van der Waals surface area (Å²) in [5, 5.41) is 8.54. The van der Waals surface area contributed by atoms with Gasteiger partial charge in [-0.05, 0) is 13.3 Å². The van der Waals surface area contributed by atoms with E-state index in [0.29, 0.717) is 6.42 Å². The maximum atomic E-state index is 8.54. The van der Waals surface area contributed by atoms with Gasteiger partial charge in [-0.1, -0.05) is 0 Å². The number of aliphatic hydroxyl groups excluding tert-OH is 1.